The van der Waals surface area contributed by atoms with Crippen LogP contribution in [-0.2, 0) is 0 Å². The van der Waals surface area contributed by atoms with E-state index in [1.165, 1.54) is 24.1 Å². The number of halogens is 3. The van der Waals surface area contributed by atoms with Gasteiger partial charge < -0.3 is 19.4 Å². The Morgan fingerprint density at radius 1 is 1.11 bits per heavy atom. The molecule has 0 radical (unpaired) electrons. The minimum absolute atomic E-state index is 0.0600. The number of likely N-dealkylation sites (tertiary alicyclic amines) is 1. The Morgan fingerprint density at radius 3 is 2.44 bits per heavy atom. The molecule has 1 aliphatic rings. The second-order valence-electron chi connectivity index (χ2n) is 9.20. The largest absolute Gasteiger partial charge is 0.497 e. The number of piperidine rings is 1. The van der Waals surface area contributed by atoms with E-state index >= 15 is 0 Å². The molecule has 2 aromatic carbocycles. The van der Waals surface area contributed by atoms with Gasteiger partial charge in [0.2, 0.25) is 0 Å². The maximum Gasteiger partial charge on any atom is 0.408 e. The van der Waals surface area contributed by atoms with Crippen LogP contribution in [0.4, 0.5) is 13.2 Å². The van der Waals surface area contributed by atoms with Crippen molar-refractivity contribution in [3.8, 4) is 11.5 Å². The first-order valence-corrected chi connectivity index (χ1v) is 12.1. The molecule has 0 bridgehead atoms. The van der Waals surface area contributed by atoms with E-state index in [9.17, 15) is 18.0 Å². The van der Waals surface area contributed by atoms with E-state index in [1.807, 2.05) is 25.1 Å². The number of carbonyl (C=O) groups is 1. The average Bonchev–Trinajstić information content (AvgIpc) is 3.30. The summed E-state index contributed by atoms with van der Waals surface area (Å²) in [5, 5.41) is 0.866. The van der Waals surface area contributed by atoms with E-state index in [0.717, 1.165) is 17.3 Å². The fourth-order valence-corrected chi connectivity index (χ4v) is 5.06. The molecular weight excluding hydrogens is 471 g/mol. The summed E-state index contributed by atoms with van der Waals surface area (Å²) in [7, 11) is 3.07. The van der Waals surface area contributed by atoms with Crippen LogP contribution in [0.1, 0.15) is 41.9 Å². The number of aromatic amines is 1. The predicted octanol–water partition coefficient (Wildman–Crippen LogP) is 5.66. The van der Waals surface area contributed by atoms with E-state index < -0.39 is 12.2 Å². The second kappa shape index (κ2) is 10.8. The van der Waals surface area contributed by atoms with Gasteiger partial charge in [0, 0.05) is 30.5 Å². The lowest BCUT2D eigenvalue weighted by molar-refractivity contribution is -0.191. The number of hydrogen-bond donors (Lipinski definition) is 1. The number of benzene rings is 2. The smallest absolute Gasteiger partial charge is 0.408 e. The molecule has 36 heavy (non-hydrogen) atoms. The number of alkyl halides is 3. The van der Waals surface area contributed by atoms with Crippen LogP contribution in [0, 0.1) is 5.92 Å². The van der Waals surface area contributed by atoms with E-state index in [-0.39, 0.29) is 23.9 Å². The Bertz CT molecular complexity index is 1180. The highest BCUT2D eigenvalue weighted by Gasteiger charge is 2.46. The van der Waals surface area contributed by atoms with E-state index in [4.69, 9.17) is 9.47 Å². The van der Waals surface area contributed by atoms with Gasteiger partial charge in [-0.25, -0.2) is 0 Å². The number of hydrogen-bond acceptors (Lipinski definition) is 4. The highest BCUT2D eigenvalue weighted by molar-refractivity contribution is 5.98. The highest BCUT2D eigenvalue weighted by Crippen LogP contribution is 2.40. The molecule has 1 fully saturated rings. The van der Waals surface area contributed by atoms with Crippen molar-refractivity contribution in [3.05, 3.63) is 59.8 Å². The van der Waals surface area contributed by atoms with Gasteiger partial charge in [-0.1, -0.05) is 12.1 Å². The molecule has 2 atom stereocenters. The predicted molar refractivity (Wildman–Crippen MR) is 133 cm³/mol. The number of fused-ring (bicyclic) bond motifs is 1. The van der Waals surface area contributed by atoms with E-state index in [0.29, 0.717) is 43.2 Å². The molecule has 1 amide bonds. The number of aromatic nitrogens is 1. The monoisotopic (exact) mass is 503 g/mol. The standard InChI is InChI=1S/C27H32F3N3O3/c1-4-32(26(34)24-15-20-14-22(36-3)11-12-23(20)31-24)16-18-6-5-13-33(17-18)25(27(28,29)30)19-7-9-21(35-2)10-8-19/h7-12,14-15,18,25,31H,4-6,13,16-17H2,1-3H3. The minimum Gasteiger partial charge on any atom is -0.497 e. The molecule has 6 nitrogen and oxygen atoms in total. The summed E-state index contributed by atoms with van der Waals surface area (Å²) in [6, 6.07) is 11.7. The summed E-state index contributed by atoms with van der Waals surface area (Å²) in [4.78, 5) is 19.7. The Balaban J connectivity index is 1.49. The quantitative estimate of drug-likeness (QED) is 0.431. The van der Waals surface area contributed by atoms with Gasteiger partial charge in [0.1, 0.15) is 23.2 Å². The molecule has 194 valence electrons. The van der Waals surface area contributed by atoms with Gasteiger partial charge in [0.15, 0.2) is 0 Å². The molecule has 1 saturated heterocycles. The number of methoxy groups -OCH3 is 2. The van der Waals surface area contributed by atoms with Crippen LogP contribution in [0.2, 0.25) is 0 Å². The van der Waals surface area contributed by atoms with Gasteiger partial charge in [0.25, 0.3) is 5.91 Å². The Morgan fingerprint density at radius 2 is 1.81 bits per heavy atom. The van der Waals surface area contributed by atoms with Gasteiger partial charge in [0.05, 0.1) is 14.2 Å². The third-order valence-electron chi connectivity index (χ3n) is 6.86. The fourth-order valence-electron chi connectivity index (χ4n) is 5.06. The number of nitrogens with one attached hydrogen (secondary N) is 1. The van der Waals surface area contributed by atoms with Crippen molar-refractivity contribution in [2.45, 2.75) is 32.0 Å². The molecule has 3 aromatic rings. The van der Waals surface area contributed by atoms with Gasteiger partial charge in [-0.2, -0.15) is 13.2 Å². The second-order valence-corrected chi connectivity index (χ2v) is 9.20. The molecule has 9 heteroatoms. The Hall–Kier alpha value is -3.20. The van der Waals surface area contributed by atoms with Crippen molar-refractivity contribution in [1.29, 1.82) is 0 Å². The molecule has 1 aromatic heterocycles. The van der Waals surface area contributed by atoms with Gasteiger partial charge in [-0.3, -0.25) is 9.69 Å². The van der Waals surface area contributed by atoms with Crippen LogP contribution in [0.3, 0.4) is 0 Å². The summed E-state index contributed by atoms with van der Waals surface area (Å²) >= 11 is 0. The first-order valence-electron chi connectivity index (χ1n) is 12.1. The van der Waals surface area contributed by atoms with E-state index in [1.54, 1.807) is 30.2 Å². The molecule has 2 heterocycles. The zero-order chi connectivity index (χ0) is 25.9. The number of ether oxygens (including phenoxy) is 2. The molecular formula is C27H32F3N3O3. The normalized spacial score (nSPS) is 17.7. The van der Waals surface area contributed by atoms with Crippen LogP contribution >= 0.6 is 0 Å². The molecule has 1 aliphatic heterocycles. The highest BCUT2D eigenvalue weighted by atomic mass is 19.4. The van der Waals surface area contributed by atoms with Crippen LogP contribution in [0.25, 0.3) is 10.9 Å². The van der Waals surface area contributed by atoms with Gasteiger partial charge in [-0.15, -0.1) is 0 Å². The SMILES string of the molecule is CCN(CC1CCCN(C(c2ccc(OC)cc2)C(F)(F)F)C1)C(=O)c1cc2cc(OC)ccc2[nH]1. The van der Waals surface area contributed by atoms with Crippen molar-refractivity contribution in [1.82, 2.24) is 14.8 Å². The Labute approximate surface area is 209 Å². The first kappa shape index (κ1) is 25.9. The first-order chi connectivity index (χ1) is 17.2. The molecule has 0 aliphatic carbocycles. The van der Waals surface area contributed by atoms with Crippen LogP contribution in [0.15, 0.2) is 48.5 Å². The number of rotatable bonds is 8. The molecule has 0 spiro atoms. The van der Waals surface area contributed by atoms with Gasteiger partial charge >= 0.3 is 6.18 Å². The summed E-state index contributed by atoms with van der Waals surface area (Å²) in [5.74, 6) is 0.998. The van der Waals surface area contributed by atoms with Crippen molar-refractivity contribution in [2.75, 3.05) is 40.4 Å². The van der Waals surface area contributed by atoms with E-state index in [2.05, 4.69) is 4.98 Å². The molecule has 1 N–H and O–H groups in total. The number of carbonyl (C=O) groups excluding carboxylic acids is 1. The van der Waals surface area contributed by atoms with Crippen molar-refractivity contribution < 1.29 is 27.4 Å². The minimum atomic E-state index is -4.41. The zero-order valence-electron chi connectivity index (χ0n) is 20.8. The molecule has 0 saturated carbocycles. The summed E-state index contributed by atoms with van der Waals surface area (Å²) in [6.07, 6.45) is -3.00. The third kappa shape index (κ3) is 5.61. The summed E-state index contributed by atoms with van der Waals surface area (Å²) in [5.41, 5.74) is 1.48. The van der Waals surface area contributed by atoms with Gasteiger partial charge in [-0.05, 0) is 74.2 Å². The lowest BCUT2D eigenvalue weighted by Crippen LogP contribution is -2.47. The maximum absolute atomic E-state index is 14.2. The maximum atomic E-state index is 14.2. The van der Waals surface area contributed by atoms with Crippen LogP contribution in [-0.4, -0.2) is 67.3 Å². The number of nitrogens with zero attached hydrogens (tertiary/aromatic N) is 2. The summed E-state index contributed by atoms with van der Waals surface area (Å²) < 4.78 is 52.9. The average molecular weight is 504 g/mol. The number of amides is 1. The topological polar surface area (TPSA) is 57.8 Å². The van der Waals surface area contributed by atoms with Crippen LogP contribution in [0.5, 0.6) is 11.5 Å². The van der Waals surface area contributed by atoms with Crippen LogP contribution < -0.4 is 9.47 Å². The Kier molecular flexibility index (Phi) is 7.78. The lowest BCUT2D eigenvalue weighted by atomic mass is 9.93. The van der Waals surface area contributed by atoms with Crippen molar-refractivity contribution in [3.63, 3.8) is 0 Å². The third-order valence-corrected chi connectivity index (χ3v) is 6.86. The van der Waals surface area contributed by atoms with Crippen molar-refractivity contribution in [2.24, 2.45) is 5.92 Å². The molecule has 2 unspecified atom stereocenters. The fraction of sp³-hybridized carbons (Fsp3) is 0.444. The summed E-state index contributed by atoms with van der Waals surface area (Å²) in [6.45, 7) is 3.38. The molecule has 4 rings (SSSR count). The lowest BCUT2D eigenvalue weighted by Gasteiger charge is -2.40. The zero-order valence-corrected chi connectivity index (χ0v) is 20.8. The number of H-pyrrole nitrogens is 1. The van der Waals surface area contributed by atoms with Crippen molar-refractivity contribution >= 4 is 16.8 Å².